The second kappa shape index (κ2) is 7.08. The smallest absolute Gasteiger partial charge is 0.225 e. The zero-order valence-electron chi connectivity index (χ0n) is 12.8. The molecule has 2 aliphatic heterocycles. The molecule has 0 aliphatic carbocycles. The molecule has 1 N–H and O–H groups in total. The Morgan fingerprint density at radius 2 is 1.76 bits per heavy atom. The Kier molecular flexibility index (Phi) is 4.91. The van der Waals surface area contributed by atoms with Crippen LogP contribution in [-0.4, -0.2) is 37.0 Å². The average Bonchev–Trinajstić information content (AvgIpc) is 2.82. The molecular weight excluding hydrogens is 260 g/mol. The number of nitrogens with zero attached hydrogens (tertiary/aromatic N) is 1. The molecule has 21 heavy (non-hydrogen) atoms. The second-order valence-electron chi connectivity index (χ2n) is 6.39. The maximum absolute atomic E-state index is 12.6. The maximum Gasteiger partial charge on any atom is 0.225 e. The number of piperidine rings is 1. The van der Waals surface area contributed by atoms with Crippen LogP contribution in [0, 0.1) is 5.92 Å². The molecule has 1 atom stereocenters. The number of benzene rings is 1. The fourth-order valence-electron chi connectivity index (χ4n) is 3.70. The lowest BCUT2D eigenvalue weighted by molar-refractivity contribution is -0.136. The quantitative estimate of drug-likeness (QED) is 0.906. The third kappa shape index (κ3) is 3.65. The van der Waals surface area contributed by atoms with E-state index in [2.05, 4.69) is 40.5 Å². The summed E-state index contributed by atoms with van der Waals surface area (Å²) < 4.78 is 0. The van der Waals surface area contributed by atoms with Gasteiger partial charge in [0, 0.05) is 19.0 Å². The predicted octanol–water partition coefficient (Wildman–Crippen LogP) is 2.78. The van der Waals surface area contributed by atoms with Crippen LogP contribution < -0.4 is 5.32 Å². The van der Waals surface area contributed by atoms with Gasteiger partial charge in [0.2, 0.25) is 5.91 Å². The zero-order chi connectivity index (χ0) is 14.5. The first-order chi connectivity index (χ1) is 10.3. The molecule has 3 heteroatoms. The van der Waals surface area contributed by atoms with E-state index in [1.807, 2.05) is 0 Å². The van der Waals surface area contributed by atoms with Gasteiger partial charge in [-0.15, -0.1) is 0 Å². The van der Waals surface area contributed by atoms with Crippen LogP contribution in [0.5, 0.6) is 0 Å². The standard InChI is InChI=1S/C18H26N2O/c21-18(17-8-11-19-12-9-17)20-13-4-7-16(10-14-20)15-5-2-1-3-6-15/h1-3,5-6,16-17,19H,4,7-14H2. The van der Waals surface area contributed by atoms with E-state index in [0.717, 1.165) is 51.9 Å². The van der Waals surface area contributed by atoms with E-state index in [9.17, 15) is 4.79 Å². The molecule has 0 bridgehead atoms. The molecule has 1 aromatic carbocycles. The highest BCUT2D eigenvalue weighted by atomic mass is 16.2. The molecule has 1 aromatic rings. The Bertz CT molecular complexity index is 454. The van der Waals surface area contributed by atoms with Gasteiger partial charge in [0.05, 0.1) is 0 Å². The molecular formula is C18H26N2O. The summed E-state index contributed by atoms with van der Waals surface area (Å²) in [5.41, 5.74) is 1.44. The van der Waals surface area contributed by atoms with E-state index in [1.54, 1.807) is 0 Å². The van der Waals surface area contributed by atoms with Gasteiger partial charge in [0.25, 0.3) is 0 Å². The van der Waals surface area contributed by atoms with Crippen LogP contribution in [0.3, 0.4) is 0 Å². The van der Waals surface area contributed by atoms with Gasteiger partial charge >= 0.3 is 0 Å². The largest absolute Gasteiger partial charge is 0.342 e. The van der Waals surface area contributed by atoms with Gasteiger partial charge in [-0.25, -0.2) is 0 Å². The molecule has 3 nitrogen and oxygen atoms in total. The molecule has 0 radical (unpaired) electrons. The number of likely N-dealkylation sites (tertiary alicyclic amines) is 1. The van der Waals surface area contributed by atoms with Crippen molar-refractivity contribution in [2.24, 2.45) is 5.92 Å². The highest BCUT2D eigenvalue weighted by molar-refractivity contribution is 5.79. The van der Waals surface area contributed by atoms with Crippen molar-refractivity contribution in [3.05, 3.63) is 35.9 Å². The van der Waals surface area contributed by atoms with Crippen LogP contribution in [-0.2, 0) is 4.79 Å². The van der Waals surface area contributed by atoms with Gasteiger partial charge in [-0.1, -0.05) is 30.3 Å². The van der Waals surface area contributed by atoms with Crippen molar-refractivity contribution in [2.45, 2.75) is 38.0 Å². The maximum atomic E-state index is 12.6. The van der Waals surface area contributed by atoms with E-state index >= 15 is 0 Å². The molecule has 1 amide bonds. The first-order valence-corrected chi connectivity index (χ1v) is 8.39. The van der Waals surface area contributed by atoms with Crippen LogP contribution in [0.1, 0.15) is 43.6 Å². The van der Waals surface area contributed by atoms with E-state index in [0.29, 0.717) is 11.8 Å². The Morgan fingerprint density at radius 1 is 1.00 bits per heavy atom. The number of nitrogens with one attached hydrogen (secondary N) is 1. The van der Waals surface area contributed by atoms with Crippen LogP contribution >= 0.6 is 0 Å². The van der Waals surface area contributed by atoms with Gasteiger partial charge < -0.3 is 10.2 Å². The summed E-state index contributed by atoms with van der Waals surface area (Å²) in [6, 6.07) is 10.8. The number of hydrogen-bond acceptors (Lipinski definition) is 2. The predicted molar refractivity (Wildman–Crippen MR) is 85.2 cm³/mol. The fraction of sp³-hybridized carbons (Fsp3) is 0.611. The molecule has 2 fully saturated rings. The summed E-state index contributed by atoms with van der Waals surface area (Å²) in [7, 11) is 0. The zero-order valence-corrected chi connectivity index (χ0v) is 12.8. The van der Waals surface area contributed by atoms with Crippen LogP contribution in [0.25, 0.3) is 0 Å². The summed E-state index contributed by atoms with van der Waals surface area (Å²) >= 11 is 0. The van der Waals surface area contributed by atoms with Gasteiger partial charge in [-0.2, -0.15) is 0 Å². The summed E-state index contributed by atoms with van der Waals surface area (Å²) in [5.74, 6) is 1.29. The highest BCUT2D eigenvalue weighted by Crippen LogP contribution is 2.29. The van der Waals surface area contributed by atoms with Crippen LogP contribution in [0.2, 0.25) is 0 Å². The first-order valence-electron chi connectivity index (χ1n) is 8.39. The third-order valence-electron chi connectivity index (χ3n) is 5.00. The molecule has 2 heterocycles. The molecule has 2 aliphatic rings. The van der Waals surface area contributed by atoms with E-state index in [1.165, 1.54) is 12.0 Å². The molecule has 1 unspecified atom stereocenters. The van der Waals surface area contributed by atoms with Crippen molar-refractivity contribution < 1.29 is 4.79 Å². The minimum atomic E-state index is 0.263. The molecule has 3 rings (SSSR count). The Balaban J connectivity index is 1.59. The number of amides is 1. The summed E-state index contributed by atoms with van der Waals surface area (Å²) in [5, 5.41) is 3.34. The lowest BCUT2D eigenvalue weighted by Gasteiger charge is -2.28. The summed E-state index contributed by atoms with van der Waals surface area (Å²) in [6.07, 6.45) is 5.48. The van der Waals surface area contributed by atoms with Gasteiger partial charge in [0.1, 0.15) is 0 Å². The number of carbonyl (C=O) groups is 1. The van der Waals surface area contributed by atoms with Gasteiger partial charge in [-0.3, -0.25) is 4.79 Å². The Labute approximate surface area is 127 Å². The minimum absolute atomic E-state index is 0.263. The van der Waals surface area contributed by atoms with Crippen molar-refractivity contribution in [3.8, 4) is 0 Å². The minimum Gasteiger partial charge on any atom is -0.342 e. The molecule has 114 valence electrons. The summed E-state index contributed by atoms with van der Waals surface area (Å²) in [4.78, 5) is 14.8. The number of carbonyl (C=O) groups excluding carboxylic acids is 1. The molecule has 0 saturated carbocycles. The van der Waals surface area contributed by atoms with Crippen LogP contribution in [0.15, 0.2) is 30.3 Å². The lowest BCUT2D eigenvalue weighted by Crippen LogP contribution is -2.41. The molecule has 0 aromatic heterocycles. The Hall–Kier alpha value is -1.35. The molecule has 0 spiro atoms. The SMILES string of the molecule is O=C(C1CCNCC1)N1CCCC(c2ccccc2)CC1. The van der Waals surface area contributed by atoms with Crippen molar-refractivity contribution in [2.75, 3.05) is 26.2 Å². The molecule has 2 saturated heterocycles. The Morgan fingerprint density at radius 3 is 2.52 bits per heavy atom. The highest BCUT2D eigenvalue weighted by Gasteiger charge is 2.27. The van der Waals surface area contributed by atoms with E-state index in [-0.39, 0.29) is 5.92 Å². The van der Waals surface area contributed by atoms with Crippen molar-refractivity contribution in [1.82, 2.24) is 10.2 Å². The van der Waals surface area contributed by atoms with E-state index < -0.39 is 0 Å². The third-order valence-corrected chi connectivity index (χ3v) is 5.00. The van der Waals surface area contributed by atoms with Gasteiger partial charge in [-0.05, 0) is 56.7 Å². The number of rotatable bonds is 2. The second-order valence-corrected chi connectivity index (χ2v) is 6.39. The summed E-state index contributed by atoms with van der Waals surface area (Å²) in [6.45, 7) is 3.88. The van der Waals surface area contributed by atoms with Crippen molar-refractivity contribution in [3.63, 3.8) is 0 Å². The van der Waals surface area contributed by atoms with Crippen LogP contribution in [0.4, 0.5) is 0 Å². The number of hydrogen-bond donors (Lipinski definition) is 1. The van der Waals surface area contributed by atoms with Crippen molar-refractivity contribution in [1.29, 1.82) is 0 Å². The van der Waals surface area contributed by atoms with Crippen molar-refractivity contribution >= 4 is 5.91 Å². The topological polar surface area (TPSA) is 32.3 Å². The van der Waals surface area contributed by atoms with E-state index in [4.69, 9.17) is 0 Å². The normalized spacial score (nSPS) is 24.6. The van der Waals surface area contributed by atoms with Gasteiger partial charge in [0.15, 0.2) is 0 Å². The fourth-order valence-corrected chi connectivity index (χ4v) is 3.70. The lowest BCUT2D eigenvalue weighted by atomic mass is 9.92. The monoisotopic (exact) mass is 286 g/mol. The first kappa shape index (κ1) is 14.6. The average molecular weight is 286 g/mol.